The molecule has 2 aromatic rings. The van der Waals surface area contributed by atoms with E-state index in [1.165, 1.54) is 0 Å². The summed E-state index contributed by atoms with van der Waals surface area (Å²) in [6, 6.07) is 11.1. The fourth-order valence-corrected chi connectivity index (χ4v) is 3.47. The van der Waals surface area contributed by atoms with E-state index in [2.05, 4.69) is 4.98 Å². The van der Waals surface area contributed by atoms with Gasteiger partial charge in [-0.2, -0.15) is 0 Å². The molecule has 1 heterocycles. The Bertz CT molecular complexity index is 514. The quantitative estimate of drug-likeness (QED) is 0.864. The van der Waals surface area contributed by atoms with Gasteiger partial charge in [-0.25, -0.2) is 0 Å². The van der Waals surface area contributed by atoms with Crippen LogP contribution in [0.4, 0.5) is 0 Å². The van der Waals surface area contributed by atoms with Crippen LogP contribution in [0.25, 0.3) is 0 Å². The van der Waals surface area contributed by atoms with Crippen LogP contribution in [0.5, 0.6) is 0 Å². The molecule has 86 valence electrons. The van der Waals surface area contributed by atoms with E-state index in [0.29, 0.717) is 5.56 Å². The Kier molecular flexibility index (Phi) is 3.91. The van der Waals surface area contributed by atoms with E-state index in [0.717, 1.165) is 15.3 Å². The number of carboxylic acids is 1. The Labute approximate surface area is 106 Å². The molecule has 0 aliphatic carbocycles. The number of aromatic nitrogens is 1. The maximum atomic E-state index is 11.0. The number of carboxylic acid groups (broad SMARTS) is 1. The molecule has 0 amide bonds. The van der Waals surface area contributed by atoms with Crippen LogP contribution in [0.15, 0.2) is 48.8 Å². The van der Waals surface area contributed by atoms with E-state index in [-0.39, 0.29) is 15.0 Å². The number of benzene rings is 1. The number of aromatic carboxylic acids is 1. The van der Waals surface area contributed by atoms with Crippen LogP contribution < -0.4 is 4.46 Å². The van der Waals surface area contributed by atoms with Crippen molar-refractivity contribution in [3.63, 3.8) is 0 Å². The Morgan fingerprint density at radius 3 is 2.76 bits per heavy atom. The molecule has 0 fully saturated rings. The van der Waals surface area contributed by atoms with Gasteiger partial charge in [-0.1, -0.05) is 0 Å². The number of rotatable bonds is 4. The van der Waals surface area contributed by atoms with Crippen LogP contribution in [-0.2, 0) is 5.32 Å². The Balaban J connectivity index is 2.12. The number of nitrogens with zero attached hydrogens (tertiary/aromatic N) is 1. The molecule has 0 atom stereocenters. The predicted molar refractivity (Wildman–Crippen MR) is 66.7 cm³/mol. The number of hydrogen-bond donors (Lipinski definition) is 1. The average Bonchev–Trinajstić information content (AvgIpc) is 2.38. The van der Waals surface area contributed by atoms with Crippen molar-refractivity contribution >= 4 is 25.4 Å². The zero-order valence-electron chi connectivity index (χ0n) is 9.04. The van der Waals surface area contributed by atoms with Crippen molar-refractivity contribution in [1.82, 2.24) is 4.98 Å². The summed E-state index contributed by atoms with van der Waals surface area (Å²) in [6.07, 6.45) is 3.56. The Hall–Kier alpha value is -1.64. The summed E-state index contributed by atoms with van der Waals surface area (Å²) in [5.74, 6) is -0.853. The summed E-state index contributed by atoms with van der Waals surface area (Å²) in [5, 5.41) is 9.93. The third-order valence-electron chi connectivity index (χ3n) is 2.23. The molecule has 17 heavy (non-hydrogen) atoms. The molecule has 0 aliphatic rings. The summed E-state index contributed by atoms with van der Waals surface area (Å²) >= 11 is 0.123. The molecule has 1 aromatic heterocycles. The van der Waals surface area contributed by atoms with Gasteiger partial charge in [0, 0.05) is 0 Å². The van der Waals surface area contributed by atoms with Crippen molar-refractivity contribution in [1.29, 1.82) is 0 Å². The van der Waals surface area contributed by atoms with Gasteiger partial charge < -0.3 is 0 Å². The van der Waals surface area contributed by atoms with Crippen molar-refractivity contribution in [2.75, 3.05) is 0 Å². The van der Waals surface area contributed by atoms with Gasteiger partial charge in [0.15, 0.2) is 0 Å². The van der Waals surface area contributed by atoms with Crippen LogP contribution in [0, 0.1) is 0 Å². The van der Waals surface area contributed by atoms with Gasteiger partial charge >= 0.3 is 106 Å². The van der Waals surface area contributed by atoms with Gasteiger partial charge in [-0.05, 0) is 0 Å². The fourth-order valence-electron chi connectivity index (χ4n) is 1.41. The first-order chi connectivity index (χ1) is 8.27. The molecule has 0 unspecified atom stereocenters. The van der Waals surface area contributed by atoms with Crippen LogP contribution in [0.3, 0.4) is 0 Å². The average molecular weight is 292 g/mol. The molecule has 0 saturated heterocycles. The topological polar surface area (TPSA) is 50.2 Å². The summed E-state index contributed by atoms with van der Waals surface area (Å²) in [5.41, 5.74) is 1.56. The SMILES string of the molecule is O=C(O)c1ccccc1[Se]Cc1cccnc1. The van der Waals surface area contributed by atoms with Crippen molar-refractivity contribution in [3.05, 3.63) is 59.9 Å². The van der Waals surface area contributed by atoms with Gasteiger partial charge in [-0.15, -0.1) is 0 Å². The molecule has 0 radical (unpaired) electrons. The van der Waals surface area contributed by atoms with E-state index in [9.17, 15) is 4.79 Å². The van der Waals surface area contributed by atoms with Crippen LogP contribution in [0.1, 0.15) is 15.9 Å². The second-order valence-electron chi connectivity index (χ2n) is 3.45. The van der Waals surface area contributed by atoms with Gasteiger partial charge in [0.1, 0.15) is 0 Å². The number of pyridine rings is 1. The van der Waals surface area contributed by atoms with E-state index in [4.69, 9.17) is 5.11 Å². The summed E-state index contributed by atoms with van der Waals surface area (Å²) in [7, 11) is 0. The second-order valence-corrected chi connectivity index (χ2v) is 5.59. The fraction of sp³-hybridized carbons (Fsp3) is 0.0769. The summed E-state index contributed by atoms with van der Waals surface area (Å²) in [4.78, 5) is 15.1. The van der Waals surface area contributed by atoms with E-state index in [1.807, 2.05) is 30.5 Å². The first-order valence-electron chi connectivity index (χ1n) is 5.11. The van der Waals surface area contributed by atoms with Gasteiger partial charge in [0.05, 0.1) is 0 Å². The van der Waals surface area contributed by atoms with Crippen molar-refractivity contribution < 1.29 is 9.90 Å². The maximum absolute atomic E-state index is 11.0. The number of hydrogen-bond acceptors (Lipinski definition) is 2. The molecule has 0 bridgehead atoms. The van der Waals surface area contributed by atoms with Crippen LogP contribution in [-0.4, -0.2) is 31.0 Å². The van der Waals surface area contributed by atoms with Crippen LogP contribution >= 0.6 is 0 Å². The zero-order chi connectivity index (χ0) is 12.1. The van der Waals surface area contributed by atoms with Gasteiger partial charge in [0.25, 0.3) is 0 Å². The van der Waals surface area contributed by atoms with Crippen molar-refractivity contribution in [2.45, 2.75) is 5.32 Å². The molecular formula is C13H11NO2Se. The molecule has 0 saturated carbocycles. The van der Waals surface area contributed by atoms with E-state index < -0.39 is 5.97 Å². The predicted octanol–water partition coefficient (Wildman–Crippen LogP) is 1.31. The normalized spacial score (nSPS) is 10.1. The molecule has 1 N–H and O–H groups in total. The minimum atomic E-state index is -0.853. The Morgan fingerprint density at radius 2 is 2.06 bits per heavy atom. The first-order valence-corrected chi connectivity index (χ1v) is 7.18. The van der Waals surface area contributed by atoms with Crippen LogP contribution in [0.2, 0.25) is 0 Å². The monoisotopic (exact) mass is 293 g/mol. The first kappa shape index (κ1) is 11.8. The molecule has 4 heteroatoms. The molecule has 0 spiro atoms. The molecular weight excluding hydrogens is 281 g/mol. The minimum absolute atomic E-state index is 0.123. The van der Waals surface area contributed by atoms with E-state index in [1.54, 1.807) is 18.3 Å². The van der Waals surface area contributed by atoms with Gasteiger partial charge in [-0.3, -0.25) is 0 Å². The third kappa shape index (κ3) is 3.16. The van der Waals surface area contributed by atoms with Gasteiger partial charge in [0.2, 0.25) is 0 Å². The van der Waals surface area contributed by atoms with Crippen molar-refractivity contribution in [2.24, 2.45) is 0 Å². The molecule has 2 rings (SSSR count). The molecule has 1 aromatic carbocycles. The summed E-state index contributed by atoms with van der Waals surface area (Å²) < 4.78 is 0.927. The third-order valence-corrected chi connectivity index (χ3v) is 4.64. The standard InChI is InChI=1S/C13H11NO2Se/c15-13(16)11-5-1-2-6-12(11)17-9-10-4-3-7-14-8-10/h1-8H,9H2,(H,15,16). The van der Waals surface area contributed by atoms with Crippen molar-refractivity contribution in [3.8, 4) is 0 Å². The number of carbonyl (C=O) groups is 1. The Morgan fingerprint density at radius 1 is 1.24 bits per heavy atom. The second kappa shape index (κ2) is 5.62. The zero-order valence-corrected chi connectivity index (χ0v) is 10.7. The van der Waals surface area contributed by atoms with E-state index >= 15 is 0 Å². The molecule has 0 aliphatic heterocycles. The summed E-state index contributed by atoms with van der Waals surface area (Å²) in [6.45, 7) is 0. The molecule has 3 nitrogen and oxygen atoms in total.